The van der Waals surface area contributed by atoms with Gasteiger partial charge in [0.15, 0.2) is 0 Å². The van der Waals surface area contributed by atoms with E-state index in [1.807, 2.05) is 42.5 Å². The van der Waals surface area contributed by atoms with E-state index in [2.05, 4.69) is 0 Å². The molecule has 1 aromatic heterocycles. The molecular formula is C15H18Cl2N2OS. The fraction of sp³-hybridized carbons (Fsp3) is 0.267. The van der Waals surface area contributed by atoms with Crippen molar-refractivity contribution in [3.63, 3.8) is 0 Å². The summed E-state index contributed by atoms with van der Waals surface area (Å²) in [6.45, 7) is 0.540. The van der Waals surface area contributed by atoms with Crippen LogP contribution in [0.4, 0.5) is 0 Å². The molecule has 0 unspecified atom stereocenters. The zero-order valence-electron chi connectivity index (χ0n) is 11.7. The monoisotopic (exact) mass is 344 g/mol. The standard InChI is InChI=1S/C15H17ClN2OS.ClH/c1-18(10-12-7-8-14(16)20-12)15(19)13(17)9-11-5-3-2-4-6-11;/h2-8,13H,9-10,17H2,1H3;1H/t13-;/m0./s1. The second-order valence-electron chi connectivity index (χ2n) is 4.70. The topological polar surface area (TPSA) is 46.3 Å². The van der Waals surface area contributed by atoms with Gasteiger partial charge in [0.2, 0.25) is 5.91 Å². The lowest BCUT2D eigenvalue weighted by atomic mass is 10.1. The lowest BCUT2D eigenvalue weighted by Gasteiger charge is -2.20. The number of likely N-dealkylation sites (N-methyl/N-ethyl adjacent to an activating group) is 1. The van der Waals surface area contributed by atoms with Gasteiger partial charge in [-0.25, -0.2) is 0 Å². The smallest absolute Gasteiger partial charge is 0.239 e. The number of halogens is 2. The maximum atomic E-state index is 12.2. The Balaban J connectivity index is 0.00000220. The van der Waals surface area contributed by atoms with Crippen molar-refractivity contribution >= 4 is 41.3 Å². The fourth-order valence-corrected chi connectivity index (χ4v) is 3.13. The Kier molecular flexibility index (Phi) is 7.18. The van der Waals surface area contributed by atoms with Gasteiger partial charge >= 0.3 is 0 Å². The van der Waals surface area contributed by atoms with Crippen LogP contribution in [0.15, 0.2) is 42.5 Å². The summed E-state index contributed by atoms with van der Waals surface area (Å²) in [5, 5.41) is 0. The second-order valence-corrected chi connectivity index (χ2v) is 6.50. The maximum absolute atomic E-state index is 12.2. The zero-order valence-corrected chi connectivity index (χ0v) is 14.0. The number of rotatable bonds is 5. The zero-order chi connectivity index (χ0) is 14.5. The molecule has 0 radical (unpaired) electrons. The third-order valence-corrected chi connectivity index (χ3v) is 4.23. The summed E-state index contributed by atoms with van der Waals surface area (Å²) in [6, 6.07) is 13.1. The molecule has 6 heteroatoms. The van der Waals surface area contributed by atoms with Gasteiger partial charge in [0.1, 0.15) is 0 Å². The fourth-order valence-electron chi connectivity index (χ4n) is 1.99. The number of nitrogens with zero attached hydrogens (tertiary/aromatic N) is 1. The van der Waals surface area contributed by atoms with Gasteiger partial charge < -0.3 is 10.6 Å². The molecule has 0 aliphatic carbocycles. The van der Waals surface area contributed by atoms with Crippen LogP contribution in [-0.4, -0.2) is 23.9 Å². The molecule has 0 aliphatic rings. The van der Waals surface area contributed by atoms with Crippen molar-refractivity contribution < 1.29 is 4.79 Å². The highest BCUT2D eigenvalue weighted by atomic mass is 35.5. The van der Waals surface area contributed by atoms with Crippen LogP contribution in [-0.2, 0) is 17.8 Å². The van der Waals surface area contributed by atoms with Crippen LogP contribution < -0.4 is 5.73 Å². The number of benzene rings is 1. The number of carbonyl (C=O) groups is 1. The summed E-state index contributed by atoms with van der Waals surface area (Å²) in [5.41, 5.74) is 7.07. The Labute approximate surface area is 140 Å². The van der Waals surface area contributed by atoms with E-state index in [9.17, 15) is 4.79 Å². The van der Waals surface area contributed by atoms with E-state index in [0.29, 0.717) is 13.0 Å². The lowest BCUT2D eigenvalue weighted by molar-refractivity contribution is -0.131. The molecule has 21 heavy (non-hydrogen) atoms. The summed E-state index contributed by atoms with van der Waals surface area (Å²) < 4.78 is 0.731. The maximum Gasteiger partial charge on any atom is 0.239 e. The van der Waals surface area contributed by atoms with Crippen molar-refractivity contribution in [1.82, 2.24) is 4.90 Å². The number of carbonyl (C=O) groups excluding carboxylic acids is 1. The van der Waals surface area contributed by atoms with Crippen molar-refractivity contribution in [2.75, 3.05) is 7.05 Å². The average Bonchev–Trinajstić information content (AvgIpc) is 2.84. The first-order chi connectivity index (χ1) is 9.56. The minimum Gasteiger partial charge on any atom is -0.339 e. The molecule has 0 saturated carbocycles. The summed E-state index contributed by atoms with van der Waals surface area (Å²) in [4.78, 5) is 14.9. The number of amides is 1. The van der Waals surface area contributed by atoms with E-state index in [0.717, 1.165) is 14.8 Å². The summed E-state index contributed by atoms with van der Waals surface area (Å²) in [5.74, 6) is -0.0571. The third-order valence-electron chi connectivity index (χ3n) is 3.01. The van der Waals surface area contributed by atoms with Crippen molar-refractivity contribution in [2.24, 2.45) is 5.73 Å². The molecule has 0 spiro atoms. The van der Waals surface area contributed by atoms with Gasteiger partial charge in [-0.1, -0.05) is 41.9 Å². The third kappa shape index (κ3) is 5.32. The van der Waals surface area contributed by atoms with Crippen molar-refractivity contribution in [3.8, 4) is 0 Å². The Morgan fingerprint density at radius 2 is 1.95 bits per heavy atom. The molecule has 2 N–H and O–H groups in total. The van der Waals surface area contributed by atoms with Crippen LogP contribution in [0.5, 0.6) is 0 Å². The van der Waals surface area contributed by atoms with Crippen LogP contribution in [0.2, 0.25) is 4.34 Å². The molecule has 1 amide bonds. The minimum atomic E-state index is -0.516. The molecule has 2 aromatic rings. The molecule has 0 bridgehead atoms. The van der Waals surface area contributed by atoms with E-state index in [4.69, 9.17) is 17.3 Å². The molecule has 0 fully saturated rings. The highest BCUT2D eigenvalue weighted by molar-refractivity contribution is 7.16. The number of hydrogen-bond donors (Lipinski definition) is 1. The molecule has 1 aromatic carbocycles. The summed E-state index contributed by atoms with van der Waals surface area (Å²) in [7, 11) is 1.76. The Hall–Kier alpha value is -1.07. The molecule has 3 nitrogen and oxygen atoms in total. The van der Waals surface area contributed by atoms with E-state index in [1.54, 1.807) is 11.9 Å². The van der Waals surface area contributed by atoms with Gasteiger partial charge in [0.25, 0.3) is 0 Å². The van der Waals surface area contributed by atoms with E-state index < -0.39 is 6.04 Å². The summed E-state index contributed by atoms with van der Waals surface area (Å²) >= 11 is 7.36. The first-order valence-corrected chi connectivity index (χ1v) is 7.54. The van der Waals surface area contributed by atoms with Crippen LogP contribution >= 0.6 is 35.3 Å². The van der Waals surface area contributed by atoms with Gasteiger partial charge in [-0.3, -0.25) is 4.79 Å². The van der Waals surface area contributed by atoms with E-state index >= 15 is 0 Å². The number of thiophene rings is 1. The van der Waals surface area contributed by atoms with E-state index in [1.165, 1.54) is 11.3 Å². The predicted octanol–water partition coefficient (Wildman–Crippen LogP) is 3.35. The minimum absolute atomic E-state index is 0. The van der Waals surface area contributed by atoms with Crippen LogP contribution in [0.1, 0.15) is 10.4 Å². The molecule has 0 saturated heterocycles. The molecular weight excluding hydrogens is 327 g/mol. The lowest BCUT2D eigenvalue weighted by Crippen LogP contribution is -2.42. The average molecular weight is 345 g/mol. The van der Waals surface area contributed by atoms with Crippen LogP contribution in [0.25, 0.3) is 0 Å². The Bertz CT molecular complexity index is 574. The van der Waals surface area contributed by atoms with Crippen LogP contribution in [0, 0.1) is 0 Å². The highest BCUT2D eigenvalue weighted by Gasteiger charge is 2.18. The van der Waals surface area contributed by atoms with Gasteiger partial charge in [-0.2, -0.15) is 0 Å². The second kappa shape index (κ2) is 8.39. The van der Waals surface area contributed by atoms with Gasteiger partial charge in [0.05, 0.1) is 16.9 Å². The quantitative estimate of drug-likeness (QED) is 0.903. The first-order valence-electron chi connectivity index (χ1n) is 6.35. The normalized spacial score (nSPS) is 11.6. The molecule has 2 rings (SSSR count). The number of nitrogens with two attached hydrogens (primary N) is 1. The first kappa shape index (κ1) is 18.0. The van der Waals surface area contributed by atoms with Gasteiger partial charge in [-0.15, -0.1) is 23.7 Å². The Morgan fingerprint density at radius 1 is 1.29 bits per heavy atom. The SMILES string of the molecule is CN(Cc1ccc(Cl)s1)C(=O)[C@@H](N)Cc1ccccc1.Cl. The molecule has 114 valence electrons. The Morgan fingerprint density at radius 3 is 2.52 bits per heavy atom. The van der Waals surface area contributed by atoms with Crippen LogP contribution in [0.3, 0.4) is 0 Å². The molecule has 1 atom stereocenters. The number of hydrogen-bond acceptors (Lipinski definition) is 3. The van der Waals surface area contributed by atoms with Crippen molar-refractivity contribution in [2.45, 2.75) is 19.0 Å². The van der Waals surface area contributed by atoms with Crippen molar-refractivity contribution in [3.05, 3.63) is 57.2 Å². The summed E-state index contributed by atoms with van der Waals surface area (Å²) in [6.07, 6.45) is 0.551. The predicted molar refractivity (Wildman–Crippen MR) is 91.2 cm³/mol. The molecule has 0 aliphatic heterocycles. The van der Waals surface area contributed by atoms with Crippen molar-refractivity contribution in [1.29, 1.82) is 0 Å². The molecule has 1 heterocycles. The van der Waals surface area contributed by atoms with Gasteiger partial charge in [0, 0.05) is 11.9 Å². The largest absolute Gasteiger partial charge is 0.339 e. The van der Waals surface area contributed by atoms with Gasteiger partial charge in [-0.05, 0) is 24.1 Å². The highest BCUT2D eigenvalue weighted by Crippen LogP contribution is 2.22. The van der Waals surface area contributed by atoms with E-state index in [-0.39, 0.29) is 18.3 Å².